The molecule has 0 aliphatic carbocycles. The number of aromatic nitrogens is 3. The molecule has 0 atom stereocenters. The summed E-state index contributed by atoms with van der Waals surface area (Å²) in [7, 11) is 0. The predicted molar refractivity (Wildman–Crippen MR) is 74.8 cm³/mol. The van der Waals surface area contributed by atoms with E-state index in [0.717, 1.165) is 34.9 Å². The number of carboxylic acid groups (broad SMARTS) is 1. The highest BCUT2D eigenvalue weighted by molar-refractivity contribution is 7.99. The second-order valence-electron chi connectivity index (χ2n) is 4.11. The average Bonchev–Trinajstić information content (AvgIpc) is 2.49. The second kappa shape index (κ2) is 5.45. The highest BCUT2D eigenvalue weighted by atomic mass is 32.2. The number of hydrogen-bond acceptors (Lipinski definition) is 5. The van der Waals surface area contributed by atoms with Crippen LogP contribution in [0.3, 0.4) is 0 Å². The molecule has 0 amide bonds. The van der Waals surface area contributed by atoms with E-state index in [-0.39, 0.29) is 10.6 Å². The number of rotatable bonds is 3. The summed E-state index contributed by atoms with van der Waals surface area (Å²) in [4.78, 5) is 23.3. The molecule has 0 unspecified atom stereocenters. The van der Waals surface area contributed by atoms with E-state index in [4.69, 9.17) is 5.11 Å². The average molecular weight is 301 g/mol. The lowest BCUT2D eigenvalue weighted by molar-refractivity contribution is 0.0691. The topological polar surface area (TPSA) is 76.0 Å². The zero-order valence-corrected chi connectivity index (χ0v) is 11.3. The van der Waals surface area contributed by atoms with Crippen LogP contribution < -0.4 is 0 Å². The minimum atomic E-state index is -1.23. The number of carboxylic acids is 1. The summed E-state index contributed by atoms with van der Waals surface area (Å²) >= 11 is 1.07. The maximum absolute atomic E-state index is 13.1. The monoisotopic (exact) mass is 301 g/mol. The smallest absolute Gasteiger partial charge is 0.338 e. The van der Waals surface area contributed by atoms with Crippen molar-refractivity contribution in [1.29, 1.82) is 0 Å². The Bertz CT molecular complexity index is 836. The Kier molecular flexibility index (Phi) is 3.49. The van der Waals surface area contributed by atoms with Gasteiger partial charge in [-0.3, -0.25) is 0 Å². The van der Waals surface area contributed by atoms with Crippen molar-refractivity contribution in [3.8, 4) is 0 Å². The number of halogens is 1. The van der Waals surface area contributed by atoms with Crippen molar-refractivity contribution in [3.63, 3.8) is 0 Å². The summed E-state index contributed by atoms with van der Waals surface area (Å²) < 4.78 is 13.1. The van der Waals surface area contributed by atoms with Crippen LogP contribution in [0.4, 0.5) is 4.39 Å². The second-order valence-corrected chi connectivity index (χ2v) is 5.09. The molecule has 2 heterocycles. The number of carbonyl (C=O) groups is 1. The van der Waals surface area contributed by atoms with Crippen molar-refractivity contribution >= 4 is 28.6 Å². The van der Waals surface area contributed by atoms with Crippen molar-refractivity contribution < 1.29 is 14.3 Å². The van der Waals surface area contributed by atoms with Crippen molar-refractivity contribution in [3.05, 3.63) is 54.2 Å². The summed E-state index contributed by atoms with van der Waals surface area (Å²) in [6, 6.07) is 8.30. The number of fused-ring (bicyclic) bond motifs is 1. The lowest BCUT2D eigenvalue weighted by Gasteiger charge is -2.06. The van der Waals surface area contributed by atoms with Crippen LogP contribution in [0.2, 0.25) is 0 Å². The predicted octanol–water partition coefficient (Wildman–Crippen LogP) is 3.01. The van der Waals surface area contributed by atoms with Crippen molar-refractivity contribution in [1.82, 2.24) is 15.0 Å². The Hall–Kier alpha value is -2.54. The molecule has 1 aromatic carbocycles. The van der Waals surface area contributed by atoms with Gasteiger partial charge in [0.1, 0.15) is 22.2 Å². The molecule has 3 aromatic rings. The molecule has 0 aliphatic rings. The molecule has 0 fully saturated rings. The van der Waals surface area contributed by atoms with Gasteiger partial charge in [-0.1, -0.05) is 18.2 Å². The first kappa shape index (κ1) is 13.4. The zero-order chi connectivity index (χ0) is 14.8. The third-order valence-corrected chi connectivity index (χ3v) is 3.79. The van der Waals surface area contributed by atoms with E-state index < -0.39 is 11.8 Å². The lowest BCUT2D eigenvalue weighted by Crippen LogP contribution is -2.02. The van der Waals surface area contributed by atoms with Crippen LogP contribution >= 0.6 is 11.8 Å². The minimum Gasteiger partial charge on any atom is -0.478 e. The SMILES string of the molecule is O=C(O)c1cc(F)cnc1Sc1ncnc2ccccc12. The van der Waals surface area contributed by atoms with E-state index in [2.05, 4.69) is 15.0 Å². The Balaban J connectivity index is 2.09. The van der Waals surface area contributed by atoms with Gasteiger partial charge in [0, 0.05) is 5.39 Å². The first-order chi connectivity index (χ1) is 10.1. The molecule has 21 heavy (non-hydrogen) atoms. The Morgan fingerprint density at radius 2 is 1.95 bits per heavy atom. The lowest BCUT2D eigenvalue weighted by atomic mass is 10.2. The molecule has 7 heteroatoms. The zero-order valence-electron chi connectivity index (χ0n) is 10.5. The summed E-state index contributed by atoms with van der Waals surface area (Å²) in [5, 5.41) is 10.7. The fraction of sp³-hybridized carbons (Fsp3) is 0. The van der Waals surface area contributed by atoms with Crippen LogP contribution in [0.5, 0.6) is 0 Å². The van der Waals surface area contributed by atoms with Crippen LogP contribution in [-0.2, 0) is 0 Å². The van der Waals surface area contributed by atoms with Gasteiger partial charge < -0.3 is 5.11 Å². The van der Waals surface area contributed by atoms with Crippen LogP contribution in [0, 0.1) is 5.82 Å². The van der Waals surface area contributed by atoms with Gasteiger partial charge in [-0.05, 0) is 23.9 Å². The first-order valence-electron chi connectivity index (χ1n) is 5.91. The maximum atomic E-state index is 13.1. The van der Waals surface area contributed by atoms with Gasteiger partial charge in [0.05, 0.1) is 17.3 Å². The third kappa shape index (κ3) is 2.68. The Morgan fingerprint density at radius 1 is 1.14 bits per heavy atom. The van der Waals surface area contributed by atoms with Crippen molar-refractivity contribution in [2.24, 2.45) is 0 Å². The molecule has 1 N–H and O–H groups in total. The van der Waals surface area contributed by atoms with E-state index >= 15 is 0 Å². The first-order valence-corrected chi connectivity index (χ1v) is 6.73. The Labute approximate surface area is 122 Å². The summed E-state index contributed by atoms with van der Waals surface area (Å²) in [6.07, 6.45) is 2.38. The van der Waals surface area contributed by atoms with Gasteiger partial charge in [-0.15, -0.1) is 0 Å². The quantitative estimate of drug-likeness (QED) is 0.749. The van der Waals surface area contributed by atoms with E-state index in [9.17, 15) is 9.18 Å². The molecule has 2 aromatic heterocycles. The molecule has 3 rings (SSSR count). The van der Waals surface area contributed by atoms with E-state index in [1.807, 2.05) is 24.3 Å². The molecule has 0 aliphatic heterocycles. The maximum Gasteiger partial charge on any atom is 0.338 e. The molecule has 0 radical (unpaired) electrons. The molecule has 104 valence electrons. The third-order valence-electron chi connectivity index (χ3n) is 2.75. The Morgan fingerprint density at radius 3 is 2.76 bits per heavy atom. The minimum absolute atomic E-state index is 0.188. The van der Waals surface area contributed by atoms with Crippen LogP contribution in [-0.4, -0.2) is 26.0 Å². The number of aromatic carboxylic acids is 1. The van der Waals surface area contributed by atoms with Crippen molar-refractivity contribution in [2.75, 3.05) is 0 Å². The summed E-state index contributed by atoms with van der Waals surface area (Å²) in [6.45, 7) is 0. The van der Waals surface area contributed by atoms with Gasteiger partial charge in [-0.25, -0.2) is 24.1 Å². The number of nitrogens with zero attached hydrogens (tertiary/aromatic N) is 3. The highest BCUT2D eigenvalue weighted by Crippen LogP contribution is 2.31. The van der Waals surface area contributed by atoms with Gasteiger partial charge in [-0.2, -0.15) is 0 Å². The van der Waals surface area contributed by atoms with Crippen molar-refractivity contribution in [2.45, 2.75) is 10.1 Å². The summed E-state index contributed by atoms with van der Waals surface area (Å²) in [5.41, 5.74) is 0.552. The molecular formula is C14H8FN3O2S. The fourth-order valence-electron chi connectivity index (χ4n) is 1.81. The van der Waals surface area contributed by atoms with Crippen LogP contribution in [0.25, 0.3) is 10.9 Å². The number of benzene rings is 1. The van der Waals surface area contributed by atoms with Crippen LogP contribution in [0.1, 0.15) is 10.4 Å². The van der Waals surface area contributed by atoms with Gasteiger partial charge in [0.25, 0.3) is 0 Å². The molecule has 0 spiro atoms. The number of para-hydroxylation sites is 1. The van der Waals surface area contributed by atoms with Gasteiger partial charge in [0.2, 0.25) is 0 Å². The van der Waals surface area contributed by atoms with Gasteiger partial charge >= 0.3 is 5.97 Å². The molecular weight excluding hydrogens is 293 g/mol. The molecule has 0 bridgehead atoms. The molecule has 5 nitrogen and oxygen atoms in total. The molecule has 0 saturated heterocycles. The largest absolute Gasteiger partial charge is 0.478 e. The normalized spacial score (nSPS) is 10.7. The van der Waals surface area contributed by atoms with Gasteiger partial charge in [0.15, 0.2) is 0 Å². The van der Waals surface area contributed by atoms with Crippen LogP contribution in [0.15, 0.2) is 52.9 Å². The van der Waals surface area contributed by atoms with E-state index in [1.54, 1.807) is 0 Å². The van der Waals surface area contributed by atoms with E-state index in [0.29, 0.717) is 5.03 Å². The fourth-order valence-corrected chi connectivity index (χ4v) is 2.74. The standard InChI is InChI=1S/C14H8FN3O2S/c15-8-5-10(14(19)20)13(16-6-8)21-12-9-3-1-2-4-11(9)17-7-18-12/h1-7H,(H,19,20). The van der Waals surface area contributed by atoms with E-state index in [1.165, 1.54) is 6.33 Å². The molecule has 0 saturated carbocycles. The number of hydrogen-bond donors (Lipinski definition) is 1. The highest BCUT2D eigenvalue weighted by Gasteiger charge is 2.16. The number of pyridine rings is 1. The summed E-state index contributed by atoms with van der Waals surface area (Å²) in [5.74, 6) is -1.92.